The first-order valence-electron chi connectivity index (χ1n) is 5.19. The van der Waals surface area contributed by atoms with Gasteiger partial charge in [0.15, 0.2) is 0 Å². The van der Waals surface area contributed by atoms with E-state index in [4.69, 9.17) is 4.74 Å². The Hall–Kier alpha value is -0.610. The van der Waals surface area contributed by atoms with Gasteiger partial charge in [-0.3, -0.25) is 10.1 Å². The fraction of sp³-hybridized carbons (Fsp3) is 0.909. The summed E-state index contributed by atoms with van der Waals surface area (Å²) in [5.74, 6) is -0.846. The van der Waals surface area contributed by atoms with Crippen molar-refractivity contribution >= 4 is 5.97 Å². The van der Waals surface area contributed by atoms with Crippen molar-refractivity contribution in [3.05, 3.63) is 0 Å². The number of carboxylic acid groups (broad SMARTS) is 1. The Morgan fingerprint density at radius 1 is 1.40 bits per heavy atom. The fourth-order valence-corrected chi connectivity index (χ4v) is 1.75. The van der Waals surface area contributed by atoms with E-state index in [-0.39, 0.29) is 6.04 Å². The maximum Gasteiger partial charge on any atom is 0.323 e. The molecule has 0 aromatic rings. The maximum absolute atomic E-state index is 11.2. The molecule has 0 saturated heterocycles. The summed E-state index contributed by atoms with van der Waals surface area (Å²) in [5.41, 5.74) is -1.40. The highest BCUT2D eigenvalue weighted by molar-refractivity contribution is 5.78. The molecule has 0 aromatic heterocycles. The van der Waals surface area contributed by atoms with Gasteiger partial charge in [0, 0.05) is 19.6 Å². The molecular weight excluding hydrogens is 194 g/mol. The number of methoxy groups -OCH3 is 1. The van der Waals surface area contributed by atoms with Crippen LogP contribution in [0.4, 0.5) is 0 Å². The third-order valence-electron chi connectivity index (χ3n) is 2.41. The molecule has 2 N–H and O–H groups in total. The number of aliphatic carboxylic acids is 1. The van der Waals surface area contributed by atoms with Gasteiger partial charge < -0.3 is 9.84 Å². The minimum absolute atomic E-state index is 0.124. The summed E-state index contributed by atoms with van der Waals surface area (Å²) in [6.45, 7) is 9.32. The molecule has 0 aliphatic carbocycles. The first kappa shape index (κ1) is 14.4. The van der Waals surface area contributed by atoms with E-state index in [1.165, 1.54) is 0 Å². The molecule has 0 aromatic carbocycles. The lowest BCUT2D eigenvalue weighted by Gasteiger charge is -2.35. The number of carboxylic acids is 1. The quantitative estimate of drug-likeness (QED) is 0.710. The minimum atomic E-state index is -0.951. The van der Waals surface area contributed by atoms with Gasteiger partial charge in [-0.1, -0.05) is 0 Å². The van der Waals surface area contributed by atoms with Gasteiger partial charge in [-0.05, 0) is 34.6 Å². The van der Waals surface area contributed by atoms with E-state index in [9.17, 15) is 9.90 Å². The van der Waals surface area contributed by atoms with Gasteiger partial charge in [0.05, 0.1) is 5.60 Å². The highest BCUT2D eigenvalue weighted by Gasteiger charge is 2.39. The zero-order chi connectivity index (χ0) is 12.3. The molecule has 4 heteroatoms. The van der Waals surface area contributed by atoms with Crippen LogP contribution in [0, 0.1) is 0 Å². The maximum atomic E-state index is 11.2. The van der Waals surface area contributed by atoms with E-state index in [1.807, 2.05) is 27.7 Å². The fourth-order valence-electron chi connectivity index (χ4n) is 1.75. The van der Waals surface area contributed by atoms with E-state index in [0.29, 0.717) is 6.42 Å². The molecule has 0 spiro atoms. The van der Waals surface area contributed by atoms with Gasteiger partial charge in [0.1, 0.15) is 5.54 Å². The number of nitrogens with one attached hydrogen (secondary N) is 1. The topological polar surface area (TPSA) is 58.6 Å². The third-order valence-corrected chi connectivity index (χ3v) is 2.41. The van der Waals surface area contributed by atoms with Crippen LogP contribution in [-0.4, -0.2) is 35.4 Å². The van der Waals surface area contributed by atoms with Crippen LogP contribution in [0.5, 0.6) is 0 Å². The van der Waals surface area contributed by atoms with Crippen LogP contribution in [0.25, 0.3) is 0 Å². The monoisotopic (exact) mass is 217 g/mol. The van der Waals surface area contributed by atoms with E-state index in [1.54, 1.807) is 14.0 Å². The van der Waals surface area contributed by atoms with E-state index < -0.39 is 17.1 Å². The molecule has 0 amide bonds. The highest BCUT2D eigenvalue weighted by Crippen LogP contribution is 2.23. The summed E-state index contributed by atoms with van der Waals surface area (Å²) in [6.07, 6.45) is 0.421. The van der Waals surface area contributed by atoms with Crippen LogP contribution >= 0.6 is 0 Å². The average molecular weight is 217 g/mol. The molecule has 0 radical (unpaired) electrons. The van der Waals surface area contributed by atoms with Crippen molar-refractivity contribution < 1.29 is 14.6 Å². The number of rotatable bonds is 6. The van der Waals surface area contributed by atoms with E-state index in [0.717, 1.165) is 0 Å². The van der Waals surface area contributed by atoms with Crippen LogP contribution in [0.2, 0.25) is 0 Å². The lowest BCUT2D eigenvalue weighted by atomic mass is 9.87. The summed E-state index contributed by atoms with van der Waals surface area (Å²) in [6, 6.07) is 0.124. The summed E-state index contributed by atoms with van der Waals surface area (Å²) >= 11 is 0. The van der Waals surface area contributed by atoms with Crippen molar-refractivity contribution in [1.29, 1.82) is 0 Å². The third kappa shape index (κ3) is 4.62. The number of hydrogen-bond donors (Lipinski definition) is 2. The van der Waals surface area contributed by atoms with Gasteiger partial charge in [0.25, 0.3) is 0 Å². The van der Waals surface area contributed by atoms with Crippen molar-refractivity contribution in [3.63, 3.8) is 0 Å². The standard InChI is InChI=1S/C11H23NO3/c1-8(2)12-11(5,9(13)14)7-10(3,4)15-6/h8,12H,7H2,1-6H3,(H,13,14). The first-order chi connectivity index (χ1) is 6.63. The Bertz CT molecular complexity index is 226. The SMILES string of the molecule is COC(C)(C)CC(C)(NC(C)C)C(=O)O. The Balaban J connectivity index is 4.73. The van der Waals surface area contributed by atoms with E-state index >= 15 is 0 Å². The van der Waals surface area contributed by atoms with Gasteiger partial charge in [-0.25, -0.2) is 0 Å². The second kappa shape index (κ2) is 4.94. The summed E-state index contributed by atoms with van der Waals surface area (Å²) in [4.78, 5) is 11.2. The second-order valence-electron chi connectivity index (χ2n) is 5.08. The van der Waals surface area contributed by atoms with Gasteiger partial charge >= 0.3 is 5.97 Å². The molecule has 0 rings (SSSR count). The molecule has 1 unspecified atom stereocenters. The lowest BCUT2D eigenvalue weighted by Crippen LogP contribution is -2.55. The summed E-state index contributed by atoms with van der Waals surface area (Å²) in [5, 5.41) is 12.3. The predicted molar refractivity (Wildman–Crippen MR) is 60.0 cm³/mol. The zero-order valence-electron chi connectivity index (χ0n) is 10.5. The molecule has 0 bridgehead atoms. The first-order valence-corrected chi connectivity index (χ1v) is 5.19. The summed E-state index contributed by atoms with van der Waals surface area (Å²) < 4.78 is 5.26. The molecular formula is C11H23NO3. The van der Waals surface area contributed by atoms with Crippen molar-refractivity contribution in [2.75, 3.05) is 7.11 Å². The Kier molecular flexibility index (Phi) is 4.74. The molecule has 15 heavy (non-hydrogen) atoms. The van der Waals surface area contributed by atoms with Crippen LogP contribution in [0.15, 0.2) is 0 Å². The van der Waals surface area contributed by atoms with Crippen LogP contribution in [0.3, 0.4) is 0 Å². The van der Waals surface area contributed by atoms with Crippen LogP contribution in [-0.2, 0) is 9.53 Å². The van der Waals surface area contributed by atoms with Crippen molar-refractivity contribution in [2.45, 2.75) is 58.2 Å². The van der Waals surface area contributed by atoms with Crippen molar-refractivity contribution in [2.24, 2.45) is 0 Å². The highest BCUT2D eigenvalue weighted by atomic mass is 16.5. The summed E-state index contributed by atoms with van der Waals surface area (Å²) in [7, 11) is 1.59. The molecule has 4 nitrogen and oxygen atoms in total. The Morgan fingerprint density at radius 3 is 2.13 bits per heavy atom. The largest absolute Gasteiger partial charge is 0.480 e. The zero-order valence-corrected chi connectivity index (χ0v) is 10.5. The Morgan fingerprint density at radius 2 is 1.87 bits per heavy atom. The molecule has 0 aliphatic rings. The molecule has 90 valence electrons. The van der Waals surface area contributed by atoms with Gasteiger partial charge in [-0.2, -0.15) is 0 Å². The normalized spacial score (nSPS) is 16.5. The van der Waals surface area contributed by atoms with Gasteiger partial charge in [-0.15, -0.1) is 0 Å². The predicted octanol–water partition coefficient (Wildman–Crippen LogP) is 1.64. The van der Waals surface area contributed by atoms with E-state index in [2.05, 4.69) is 5.32 Å². The number of carbonyl (C=O) groups is 1. The van der Waals surface area contributed by atoms with Crippen molar-refractivity contribution in [3.8, 4) is 0 Å². The molecule has 0 fully saturated rings. The molecule has 1 atom stereocenters. The van der Waals surface area contributed by atoms with Crippen LogP contribution in [0.1, 0.15) is 41.0 Å². The number of hydrogen-bond acceptors (Lipinski definition) is 3. The number of ether oxygens (including phenoxy) is 1. The molecule has 0 saturated carbocycles. The lowest BCUT2D eigenvalue weighted by molar-refractivity contribution is -0.147. The van der Waals surface area contributed by atoms with Crippen LogP contribution < -0.4 is 5.32 Å². The van der Waals surface area contributed by atoms with Crippen molar-refractivity contribution in [1.82, 2.24) is 5.32 Å². The average Bonchev–Trinajstić information content (AvgIpc) is 2.01. The molecule has 0 heterocycles. The second-order valence-corrected chi connectivity index (χ2v) is 5.08. The minimum Gasteiger partial charge on any atom is -0.480 e. The Labute approximate surface area is 92.0 Å². The molecule has 0 aliphatic heterocycles. The van der Waals surface area contributed by atoms with Gasteiger partial charge in [0.2, 0.25) is 0 Å². The smallest absolute Gasteiger partial charge is 0.323 e.